The molecule has 0 bridgehead atoms. The summed E-state index contributed by atoms with van der Waals surface area (Å²) in [4.78, 5) is 48.2. The third-order valence-electron chi connectivity index (χ3n) is 9.00. The molecule has 5 aromatic rings. The third-order valence-corrected chi connectivity index (χ3v) is 9.81. The van der Waals surface area contributed by atoms with E-state index in [-0.39, 0.29) is 78.7 Å². The van der Waals surface area contributed by atoms with Crippen LogP contribution in [-0.2, 0) is 26.2 Å². The minimum absolute atomic E-state index is 0.0443. The summed E-state index contributed by atoms with van der Waals surface area (Å²) in [5, 5.41) is 15.6. The molecule has 0 radical (unpaired) electrons. The van der Waals surface area contributed by atoms with E-state index in [2.05, 4.69) is 19.9 Å². The monoisotopic (exact) mass is 748 g/mol. The SMILES string of the molecule is CCC(=O)N1CCN(c2nc(=O)n(-c3c(C)ccnc3C(C)C)c3nc(-c4c(O)cccc4F)c(F)cc23)C(COCc2cccc(S(N)(=O)=O)n2)C1. The number of phenolic OH excluding ortho intramolecular Hbond substituents is 1. The molecule has 278 valence electrons. The number of nitrogens with zero attached hydrogens (tertiary/aromatic N) is 7. The van der Waals surface area contributed by atoms with Crippen molar-refractivity contribution in [1.82, 2.24) is 29.4 Å². The lowest BCUT2D eigenvalue weighted by molar-refractivity contribution is -0.132. The molecule has 1 atom stereocenters. The Hall–Kier alpha value is -5.39. The summed E-state index contributed by atoms with van der Waals surface area (Å²) in [6.07, 6.45) is 1.86. The Bertz CT molecular complexity index is 2370. The van der Waals surface area contributed by atoms with Gasteiger partial charge in [-0.2, -0.15) is 4.98 Å². The van der Waals surface area contributed by atoms with Gasteiger partial charge in [0.2, 0.25) is 5.91 Å². The van der Waals surface area contributed by atoms with Gasteiger partial charge in [0.05, 0.1) is 47.3 Å². The lowest BCUT2D eigenvalue weighted by Crippen LogP contribution is -2.57. The molecule has 0 spiro atoms. The number of ether oxygens (including phenoxy) is 1. The predicted octanol–water partition coefficient (Wildman–Crippen LogP) is 3.94. The maximum Gasteiger partial charge on any atom is 0.355 e. The first-order valence-corrected chi connectivity index (χ1v) is 18.4. The van der Waals surface area contributed by atoms with E-state index in [0.717, 1.165) is 12.1 Å². The molecule has 17 heteroatoms. The fourth-order valence-corrected chi connectivity index (χ4v) is 6.97. The van der Waals surface area contributed by atoms with Crippen LogP contribution in [0, 0.1) is 18.6 Å². The Morgan fingerprint density at radius 2 is 1.83 bits per heavy atom. The van der Waals surface area contributed by atoms with Crippen molar-refractivity contribution in [3.05, 3.63) is 93.8 Å². The second-order valence-corrected chi connectivity index (χ2v) is 14.5. The van der Waals surface area contributed by atoms with Crippen LogP contribution in [0.15, 0.2) is 64.5 Å². The molecule has 3 N–H and O–H groups in total. The number of rotatable bonds is 10. The Morgan fingerprint density at radius 3 is 2.53 bits per heavy atom. The largest absolute Gasteiger partial charge is 0.507 e. The van der Waals surface area contributed by atoms with Crippen molar-refractivity contribution in [3.8, 4) is 22.7 Å². The first-order chi connectivity index (χ1) is 25.2. The molecule has 14 nitrogen and oxygen atoms in total. The lowest BCUT2D eigenvalue weighted by Gasteiger charge is -2.42. The van der Waals surface area contributed by atoms with Crippen LogP contribution >= 0.6 is 0 Å². The number of piperazine rings is 1. The van der Waals surface area contributed by atoms with Gasteiger partial charge in [0.15, 0.2) is 16.5 Å². The van der Waals surface area contributed by atoms with Crippen LogP contribution in [0.4, 0.5) is 14.6 Å². The standard InChI is InChI=1S/C36H38F2N8O6S/c1-5-29(48)44-14-15-45(23(17-44)19-52-18-22-8-6-11-28(41-22)53(39,50)51)34-24-16-26(38)32(30-25(37)9-7-10-27(30)47)42-35(24)46(36(49)43-34)33-21(4)12-13-40-31(33)20(2)3/h6-13,16,20,23,47H,5,14-15,17-19H2,1-4H3,(H2,39,50,51). The van der Waals surface area contributed by atoms with Crippen LogP contribution < -0.4 is 15.7 Å². The average molecular weight is 749 g/mol. The summed E-state index contributed by atoms with van der Waals surface area (Å²) < 4.78 is 62.3. The van der Waals surface area contributed by atoms with Crippen molar-refractivity contribution in [2.75, 3.05) is 31.1 Å². The number of pyridine rings is 3. The van der Waals surface area contributed by atoms with E-state index in [0.29, 0.717) is 16.9 Å². The topological polar surface area (TPSA) is 187 Å². The van der Waals surface area contributed by atoms with Gasteiger partial charge in [-0.25, -0.2) is 41.7 Å². The van der Waals surface area contributed by atoms with Crippen molar-refractivity contribution < 1.29 is 31.8 Å². The molecule has 1 amide bonds. The number of phenols is 1. The Kier molecular flexibility index (Phi) is 10.5. The van der Waals surface area contributed by atoms with Gasteiger partial charge < -0.3 is 19.6 Å². The van der Waals surface area contributed by atoms with Crippen molar-refractivity contribution in [1.29, 1.82) is 0 Å². The van der Waals surface area contributed by atoms with Gasteiger partial charge in [-0.1, -0.05) is 32.9 Å². The minimum atomic E-state index is -4.06. The molecule has 1 aliphatic heterocycles. The quantitative estimate of drug-likeness (QED) is 0.211. The third kappa shape index (κ3) is 7.45. The normalized spacial score (nSPS) is 15.1. The number of amides is 1. The Morgan fingerprint density at radius 1 is 1.08 bits per heavy atom. The maximum atomic E-state index is 16.2. The summed E-state index contributed by atoms with van der Waals surface area (Å²) in [7, 11) is -4.06. The fourth-order valence-electron chi connectivity index (χ4n) is 6.46. The van der Waals surface area contributed by atoms with Crippen molar-refractivity contribution in [2.45, 2.75) is 57.7 Å². The predicted molar refractivity (Wildman–Crippen MR) is 192 cm³/mol. The molecular weight excluding hydrogens is 711 g/mol. The molecule has 0 saturated carbocycles. The van der Waals surface area contributed by atoms with Crippen molar-refractivity contribution in [2.24, 2.45) is 5.14 Å². The molecule has 1 aliphatic rings. The zero-order valence-electron chi connectivity index (χ0n) is 29.5. The summed E-state index contributed by atoms with van der Waals surface area (Å²) >= 11 is 0. The molecule has 1 fully saturated rings. The number of benzene rings is 1. The maximum absolute atomic E-state index is 16.2. The highest BCUT2D eigenvalue weighted by Crippen LogP contribution is 2.37. The molecular formula is C36H38F2N8O6S. The Balaban J connectivity index is 1.52. The number of sulfonamides is 1. The number of hydrogen-bond acceptors (Lipinski definition) is 11. The van der Waals surface area contributed by atoms with E-state index in [1.54, 1.807) is 42.0 Å². The minimum Gasteiger partial charge on any atom is -0.507 e. The number of nitrogens with two attached hydrogens (primary N) is 1. The van der Waals surface area contributed by atoms with Gasteiger partial charge in [0.1, 0.15) is 23.1 Å². The number of carbonyl (C=O) groups is 1. The zero-order chi connectivity index (χ0) is 38.2. The van der Waals surface area contributed by atoms with Crippen molar-refractivity contribution in [3.63, 3.8) is 0 Å². The summed E-state index contributed by atoms with van der Waals surface area (Å²) in [5.41, 5.74) is 0.0367. The number of carbonyl (C=O) groups excluding carboxylic acids is 1. The van der Waals surface area contributed by atoms with Crippen LogP contribution in [-0.4, -0.2) is 81.1 Å². The van der Waals surface area contributed by atoms with Gasteiger partial charge in [-0.15, -0.1) is 0 Å². The van der Waals surface area contributed by atoms with E-state index in [9.17, 15) is 23.1 Å². The van der Waals surface area contributed by atoms with Gasteiger partial charge in [0, 0.05) is 32.3 Å². The van der Waals surface area contributed by atoms with Crippen molar-refractivity contribution >= 4 is 32.8 Å². The van der Waals surface area contributed by atoms with Crippen LogP contribution in [0.3, 0.4) is 0 Å². The summed E-state index contributed by atoms with van der Waals surface area (Å²) in [5.74, 6) is -2.66. The van der Waals surface area contributed by atoms with Crippen LogP contribution in [0.1, 0.15) is 50.1 Å². The van der Waals surface area contributed by atoms with E-state index >= 15 is 8.78 Å². The molecule has 1 saturated heterocycles. The number of hydrogen-bond donors (Lipinski definition) is 2. The number of halogens is 2. The molecule has 1 aromatic carbocycles. The van der Waals surface area contributed by atoms with E-state index in [4.69, 9.17) is 9.88 Å². The number of aromatic nitrogens is 5. The number of aryl methyl sites for hydroxylation is 1. The highest BCUT2D eigenvalue weighted by molar-refractivity contribution is 7.89. The van der Waals surface area contributed by atoms with Gasteiger partial charge in [-0.3, -0.25) is 9.78 Å². The highest BCUT2D eigenvalue weighted by Gasteiger charge is 2.33. The number of anilines is 1. The first kappa shape index (κ1) is 37.4. The second-order valence-electron chi connectivity index (χ2n) is 13.0. The van der Waals surface area contributed by atoms with E-state index in [1.807, 2.05) is 13.8 Å². The first-order valence-electron chi connectivity index (χ1n) is 16.9. The Labute approximate surface area is 304 Å². The van der Waals surface area contributed by atoms with E-state index < -0.39 is 50.4 Å². The summed E-state index contributed by atoms with van der Waals surface area (Å²) in [6, 6.07) is 10.1. The molecule has 4 aromatic heterocycles. The fraction of sp³-hybridized carbons (Fsp3) is 0.333. The van der Waals surface area contributed by atoms with Crippen LogP contribution in [0.25, 0.3) is 28.0 Å². The average Bonchev–Trinajstić information content (AvgIpc) is 3.11. The highest BCUT2D eigenvalue weighted by atomic mass is 32.2. The van der Waals surface area contributed by atoms with E-state index in [1.165, 1.54) is 28.8 Å². The number of primary sulfonamides is 1. The molecule has 0 aliphatic carbocycles. The molecule has 53 heavy (non-hydrogen) atoms. The summed E-state index contributed by atoms with van der Waals surface area (Å²) in [6.45, 7) is 7.75. The van der Waals surface area contributed by atoms with Crippen LogP contribution in [0.5, 0.6) is 5.75 Å². The second kappa shape index (κ2) is 14.9. The lowest BCUT2D eigenvalue weighted by atomic mass is 10.0. The molecule has 5 heterocycles. The molecule has 6 rings (SSSR count). The van der Waals surface area contributed by atoms with Crippen LogP contribution in [0.2, 0.25) is 0 Å². The number of aromatic hydroxyl groups is 1. The van der Waals surface area contributed by atoms with Gasteiger partial charge in [0.25, 0.3) is 10.0 Å². The zero-order valence-corrected chi connectivity index (χ0v) is 30.3. The molecule has 1 unspecified atom stereocenters. The van der Waals surface area contributed by atoms with Gasteiger partial charge in [-0.05, 0) is 54.8 Å². The smallest absolute Gasteiger partial charge is 0.355 e. The number of fused-ring (bicyclic) bond motifs is 1. The van der Waals surface area contributed by atoms with Gasteiger partial charge >= 0.3 is 5.69 Å².